The molecule has 0 saturated heterocycles. The van der Waals surface area contributed by atoms with Gasteiger partial charge in [-0.15, -0.1) is 0 Å². The van der Waals surface area contributed by atoms with E-state index < -0.39 is 114 Å². The number of benzene rings is 1. The Balaban J connectivity index is 2.16. The molecular weight excluding hydrogens is 1160 g/mol. The summed E-state index contributed by atoms with van der Waals surface area (Å²) in [6.45, 7) is 64.5. The van der Waals surface area contributed by atoms with E-state index in [2.05, 4.69) is 169 Å². The van der Waals surface area contributed by atoms with Crippen molar-refractivity contribution in [2.45, 2.75) is 302 Å². The van der Waals surface area contributed by atoms with Gasteiger partial charge in [-0.25, -0.2) is 0 Å². The van der Waals surface area contributed by atoms with Crippen molar-refractivity contribution in [1.29, 1.82) is 0 Å². The Labute approximate surface area is 480 Å². The molecule has 6 heterocycles. The van der Waals surface area contributed by atoms with Gasteiger partial charge < -0.3 is 12.3 Å². The number of fused-ring (bicyclic) bond motifs is 36. The van der Waals surface area contributed by atoms with Crippen LogP contribution in [0, 0.1) is 0 Å². The monoisotopic (exact) mass is 1280 g/mol. The molecule has 0 N–H and O–H groups in total. The van der Waals surface area contributed by atoms with Gasteiger partial charge in [0.05, 0.1) is 26.2 Å². The molecule has 0 spiro atoms. The molecule has 73 heavy (non-hydrogen) atoms. The first-order valence-corrected chi connectivity index (χ1v) is 75.4. The molecular formula is C54H122Cl2O3Si14. The Hall–Kier alpha value is 2.72. The summed E-state index contributed by atoms with van der Waals surface area (Å²) in [4.78, 5) is 0. The normalized spacial score (nSPS) is 32.2. The molecule has 426 valence electrons. The Morgan fingerprint density at radius 3 is 0.521 bits per heavy atom. The van der Waals surface area contributed by atoms with Crippen molar-refractivity contribution in [1.82, 2.24) is 0 Å². The van der Waals surface area contributed by atoms with Gasteiger partial charge in [0.25, 0.3) is 0 Å². The van der Waals surface area contributed by atoms with Crippen LogP contribution in [0.2, 0.25) is 312 Å². The van der Waals surface area contributed by atoms with Gasteiger partial charge in [0.15, 0.2) is 49.9 Å². The Morgan fingerprint density at radius 1 is 0.233 bits per heavy atom. The highest BCUT2D eigenvalue weighted by Gasteiger charge is 2.48. The molecule has 0 aliphatic carbocycles. The number of halogens is 2. The van der Waals surface area contributed by atoms with E-state index in [4.69, 9.17) is 35.5 Å². The zero-order valence-electron chi connectivity index (χ0n) is 53.1. The van der Waals surface area contributed by atoms with Crippen LogP contribution < -0.4 is 10.4 Å². The zero-order chi connectivity index (χ0) is 55.8. The largest absolute Gasteiger partial charge is 0.456 e. The SMILES string of the molecule is C[Si]1(C)CC[Si](C)(C)O[Si](C)(C)CC[Si](C)(C)CC[Si]23CC[Si](C)(C)CC[Si](C)(C)O[Si](C)(C)CC[Si](C)(C)CC[Si](CC1)(CC[Si](C)(C)CC[Si](C)(C)O[Si](C)(C)CC[Si](C)(C)CC2)c1ccc3c(Cl)c1Cl. The van der Waals surface area contributed by atoms with Gasteiger partial charge in [0, 0.05) is 48.4 Å². The fraction of sp³-hybridized carbons (Fsp3) is 0.889. The lowest BCUT2D eigenvalue weighted by atomic mass is 10.3. The molecule has 0 amide bonds. The molecule has 0 aromatic heterocycles. The highest BCUT2D eigenvalue weighted by Crippen LogP contribution is 2.45. The van der Waals surface area contributed by atoms with Crippen molar-refractivity contribution in [3.63, 3.8) is 0 Å². The van der Waals surface area contributed by atoms with Crippen molar-refractivity contribution in [2.75, 3.05) is 0 Å². The van der Waals surface area contributed by atoms with E-state index in [-0.39, 0.29) is 0 Å². The van der Waals surface area contributed by atoms with Gasteiger partial charge in [0.2, 0.25) is 0 Å². The maximum atomic E-state index is 8.41. The molecule has 6 aliphatic rings. The average molecular weight is 1280 g/mol. The molecule has 1 aromatic carbocycles. The zero-order valence-corrected chi connectivity index (χ0v) is 68.6. The predicted molar refractivity (Wildman–Crippen MR) is 376 cm³/mol. The molecule has 0 atom stereocenters. The Bertz CT molecular complexity index is 1680. The number of hydrogen-bond acceptors (Lipinski definition) is 3. The first-order chi connectivity index (χ1) is 32.7. The van der Waals surface area contributed by atoms with E-state index in [1.165, 1.54) is 145 Å². The summed E-state index contributed by atoms with van der Waals surface area (Å²) in [5.74, 6) is 0. The third kappa shape index (κ3) is 22.1. The summed E-state index contributed by atoms with van der Waals surface area (Å²) in [5, 5.41) is 5.30. The number of hydrogen-bond donors (Lipinski definition) is 0. The summed E-state index contributed by atoms with van der Waals surface area (Å²) in [6.07, 6.45) is 0. The van der Waals surface area contributed by atoms with Crippen molar-refractivity contribution in [3.05, 3.63) is 22.2 Å². The lowest BCUT2D eigenvalue weighted by Crippen LogP contribution is -2.55. The average Bonchev–Trinajstić information content (AvgIpc) is 3.22. The fourth-order valence-electron chi connectivity index (χ4n) is 13.5. The van der Waals surface area contributed by atoms with Crippen LogP contribution in [0.4, 0.5) is 0 Å². The second kappa shape index (κ2) is 24.9. The fourth-order valence-corrected chi connectivity index (χ4v) is 101. The lowest BCUT2D eigenvalue weighted by Gasteiger charge is -2.42. The van der Waals surface area contributed by atoms with Crippen LogP contribution in [0.25, 0.3) is 0 Å². The van der Waals surface area contributed by atoms with Gasteiger partial charge in [-0.2, -0.15) is 0 Å². The van der Waals surface area contributed by atoms with Gasteiger partial charge in [-0.3, -0.25) is 0 Å². The smallest absolute Gasteiger partial charge is 0.173 e. The third-order valence-electron chi connectivity index (χ3n) is 20.0. The second-order valence-corrected chi connectivity index (χ2v) is 103. The topological polar surface area (TPSA) is 27.7 Å². The molecule has 0 radical (unpaired) electrons. The second-order valence-electron chi connectivity index (χ2n) is 34.2. The molecule has 19 heteroatoms. The summed E-state index contributed by atoms with van der Waals surface area (Å²) < 4.78 is 22.8. The van der Waals surface area contributed by atoms with Gasteiger partial charge in [0.1, 0.15) is 0 Å². The van der Waals surface area contributed by atoms with Crippen LogP contribution in [0.3, 0.4) is 0 Å². The van der Waals surface area contributed by atoms with Crippen molar-refractivity contribution in [2.24, 2.45) is 0 Å². The van der Waals surface area contributed by atoms with E-state index >= 15 is 0 Å². The van der Waals surface area contributed by atoms with Gasteiger partial charge >= 0.3 is 0 Å². The van der Waals surface area contributed by atoms with Gasteiger partial charge in [-0.05, 0) is 125 Å². The van der Waals surface area contributed by atoms with E-state index in [9.17, 15) is 0 Å². The van der Waals surface area contributed by atoms with E-state index in [1.54, 1.807) is 10.4 Å². The summed E-state index contributed by atoms with van der Waals surface area (Å²) >= 11 is 16.8. The van der Waals surface area contributed by atoms with Crippen LogP contribution >= 0.6 is 23.2 Å². The maximum Gasteiger partial charge on any atom is 0.173 e. The van der Waals surface area contributed by atoms with Crippen molar-refractivity contribution >= 4 is 148 Å². The maximum absolute atomic E-state index is 8.41. The quantitative estimate of drug-likeness (QED) is 0.242. The Kier molecular flexibility index (Phi) is 23.3. The molecule has 4 bridgehead atoms. The van der Waals surface area contributed by atoms with Crippen LogP contribution in [-0.4, -0.2) is 114 Å². The molecule has 3 nitrogen and oxygen atoms in total. The standard InChI is InChI=1S/C54H122Cl2O3Si14/c1-60(2)27-39-66(13,14)57-67(15,16)40-28-63(7,8)36-48-73-49-37-64(9,10)31-43-70(21,22)58-68(17,18)41-29-61(3,4)34-46-72(45-33-60,51-25-26-52(73)54(56)53(51)55)47-35-62(5,6)30-42-69(19,20)59-71(23,24)44-32-65(11,12)38-50-73/h25-26H,27-50H2,1-24H3. The molecule has 0 fully saturated rings. The van der Waals surface area contributed by atoms with E-state index in [1.807, 2.05) is 0 Å². The molecule has 6 aliphatic heterocycles. The summed E-state index contributed by atoms with van der Waals surface area (Å²) in [5.41, 5.74) is 0. The predicted octanol–water partition coefficient (Wildman–Crippen LogP) is 20.9. The van der Waals surface area contributed by atoms with Crippen LogP contribution in [0.15, 0.2) is 12.1 Å². The van der Waals surface area contributed by atoms with Crippen LogP contribution in [0.5, 0.6) is 0 Å². The first kappa shape index (κ1) is 68.2. The molecule has 0 saturated carbocycles. The highest BCUT2D eigenvalue weighted by atomic mass is 35.5. The first-order valence-electron chi connectivity index (χ1n) is 30.2. The van der Waals surface area contributed by atoms with Crippen molar-refractivity contribution in [3.8, 4) is 0 Å². The minimum atomic E-state index is -2.23. The molecule has 1 aromatic rings. The van der Waals surface area contributed by atoms with Crippen LogP contribution in [-0.2, 0) is 12.3 Å². The highest BCUT2D eigenvalue weighted by molar-refractivity contribution is 7.00. The van der Waals surface area contributed by atoms with Crippen molar-refractivity contribution < 1.29 is 12.3 Å². The minimum absolute atomic E-state index is 1.05. The van der Waals surface area contributed by atoms with E-state index in [0.717, 1.165) is 10.0 Å². The molecule has 0 unspecified atom stereocenters. The third-order valence-corrected chi connectivity index (χ3v) is 78.8. The van der Waals surface area contributed by atoms with E-state index in [0.29, 0.717) is 0 Å². The van der Waals surface area contributed by atoms with Gasteiger partial charge in [-0.1, -0.05) is 223 Å². The van der Waals surface area contributed by atoms with Crippen LogP contribution in [0.1, 0.15) is 0 Å². The summed E-state index contributed by atoms with van der Waals surface area (Å²) in [7, 11) is -25.1. The number of rotatable bonds is 0. The summed E-state index contributed by atoms with van der Waals surface area (Å²) in [6, 6.07) is 38.8. The minimum Gasteiger partial charge on any atom is -0.456 e. The molecule has 7 rings (SSSR count). The Morgan fingerprint density at radius 2 is 0.370 bits per heavy atom. The lowest BCUT2D eigenvalue weighted by molar-refractivity contribution is 0.540.